The zero-order chi connectivity index (χ0) is 11.5. The fourth-order valence-electron chi connectivity index (χ4n) is 1.52. The first-order valence-corrected chi connectivity index (χ1v) is 5.32. The minimum Gasteiger partial charge on any atom is -0.358 e. The minimum atomic E-state index is -0.560. The molecule has 1 heterocycles. The van der Waals surface area contributed by atoms with Crippen molar-refractivity contribution < 1.29 is 9.57 Å². The van der Waals surface area contributed by atoms with E-state index in [1.54, 1.807) is 0 Å². The highest BCUT2D eigenvalue weighted by molar-refractivity contribution is 6.37. The molecular weight excluding hydrogens is 226 g/mol. The normalized spacial score (nSPS) is 24.9. The second-order valence-corrected chi connectivity index (χ2v) is 3.89. The van der Waals surface area contributed by atoms with Crippen molar-refractivity contribution in [3.8, 4) is 0 Å². The van der Waals surface area contributed by atoms with Crippen molar-refractivity contribution in [1.82, 2.24) is 0 Å². The highest BCUT2D eigenvalue weighted by atomic mass is 35.5. The Morgan fingerprint density at radius 1 is 1.38 bits per heavy atom. The van der Waals surface area contributed by atoms with Gasteiger partial charge in [-0.2, -0.15) is 0 Å². The van der Waals surface area contributed by atoms with E-state index >= 15 is 0 Å². The lowest BCUT2D eigenvalue weighted by Gasteiger charge is -2.26. The van der Waals surface area contributed by atoms with Gasteiger partial charge in [-0.1, -0.05) is 42.1 Å². The summed E-state index contributed by atoms with van der Waals surface area (Å²) >= 11 is 6.25. The molecule has 1 aliphatic heterocycles. The predicted octanol–water partition coefficient (Wildman–Crippen LogP) is 2.56. The molecule has 1 aromatic carbocycles. The number of hydrogen-bond acceptors (Lipinski definition) is 3. The Morgan fingerprint density at radius 3 is 2.69 bits per heavy atom. The van der Waals surface area contributed by atoms with Crippen LogP contribution in [0.25, 0.3) is 0 Å². The number of hydrogen-bond donors (Lipinski definition) is 0. The van der Waals surface area contributed by atoms with Gasteiger partial charge in [0.15, 0.2) is 0 Å². The van der Waals surface area contributed by atoms with E-state index in [9.17, 15) is 0 Å². The Kier molecular flexibility index (Phi) is 3.27. The van der Waals surface area contributed by atoms with Gasteiger partial charge in [0.25, 0.3) is 0 Å². The number of oxime groups is 1. The van der Waals surface area contributed by atoms with Gasteiger partial charge >= 0.3 is 0 Å². The smallest absolute Gasteiger partial charge is 0.250 e. The molecule has 0 fully saturated rings. The molecule has 3 nitrogen and oxygen atoms in total. The summed E-state index contributed by atoms with van der Waals surface area (Å²) in [7, 11) is 1.53. The monoisotopic (exact) mass is 237 g/mol. The first kappa shape index (κ1) is 11.2. The quantitative estimate of drug-likeness (QED) is 0.585. The summed E-state index contributed by atoms with van der Waals surface area (Å²) in [5, 5.41) is 3.59. The summed E-state index contributed by atoms with van der Waals surface area (Å²) in [5.74, 6) is 0. The van der Waals surface area contributed by atoms with Gasteiger partial charge in [-0.15, -0.1) is 11.6 Å². The summed E-state index contributed by atoms with van der Waals surface area (Å²) < 4.78 is 5.04. The van der Waals surface area contributed by atoms with Gasteiger partial charge in [0.1, 0.15) is 11.1 Å². The second kappa shape index (κ2) is 4.68. The van der Waals surface area contributed by atoms with E-state index in [4.69, 9.17) is 21.2 Å². The lowest BCUT2D eigenvalue weighted by atomic mass is 10.0. The van der Waals surface area contributed by atoms with Gasteiger partial charge in [-0.05, 0) is 0 Å². The van der Waals surface area contributed by atoms with E-state index in [0.717, 1.165) is 5.56 Å². The molecular formula is C12H12ClNO2. The lowest BCUT2D eigenvalue weighted by molar-refractivity contribution is -0.102. The molecule has 0 saturated carbocycles. The zero-order valence-corrected chi connectivity index (χ0v) is 9.65. The Bertz CT molecular complexity index is 416. The van der Waals surface area contributed by atoms with Crippen LogP contribution in [-0.2, 0) is 9.57 Å². The van der Waals surface area contributed by atoms with Crippen molar-refractivity contribution in [2.24, 2.45) is 5.16 Å². The summed E-state index contributed by atoms with van der Waals surface area (Å²) in [5.41, 5.74) is 2.26. The minimum absolute atomic E-state index is 0.388. The van der Waals surface area contributed by atoms with E-state index in [0.29, 0.717) is 11.3 Å². The van der Waals surface area contributed by atoms with Crippen LogP contribution in [0.2, 0.25) is 0 Å². The lowest BCUT2D eigenvalue weighted by Crippen LogP contribution is -2.32. The summed E-state index contributed by atoms with van der Waals surface area (Å²) in [4.78, 5) is 5.16. The number of alkyl halides is 1. The number of ether oxygens (including phenoxy) is 1. The van der Waals surface area contributed by atoms with E-state index < -0.39 is 6.29 Å². The van der Waals surface area contributed by atoms with Crippen molar-refractivity contribution in [1.29, 1.82) is 0 Å². The Morgan fingerprint density at radius 2 is 2.06 bits per heavy atom. The average Bonchev–Trinajstić information content (AvgIpc) is 2.34. The zero-order valence-electron chi connectivity index (χ0n) is 8.89. The number of nitrogens with zero attached hydrogens (tertiary/aromatic N) is 1. The average molecular weight is 238 g/mol. The van der Waals surface area contributed by atoms with Crippen molar-refractivity contribution >= 4 is 17.3 Å². The predicted molar refractivity (Wildman–Crippen MR) is 63.6 cm³/mol. The molecule has 4 heteroatoms. The van der Waals surface area contributed by atoms with Crippen LogP contribution in [-0.4, -0.2) is 24.5 Å². The molecule has 2 atom stereocenters. The number of methoxy groups -OCH3 is 1. The first-order valence-electron chi connectivity index (χ1n) is 4.88. The Balaban J connectivity index is 2.31. The van der Waals surface area contributed by atoms with Crippen LogP contribution in [0, 0.1) is 0 Å². The Labute approximate surface area is 99.3 Å². The van der Waals surface area contributed by atoms with Gasteiger partial charge in [0.05, 0.1) is 0 Å². The van der Waals surface area contributed by atoms with Crippen molar-refractivity contribution in [2.45, 2.75) is 11.7 Å². The summed E-state index contributed by atoms with van der Waals surface area (Å²) in [6, 6.07) is 9.64. The molecule has 84 valence electrons. The first-order chi connectivity index (χ1) is 7.74. The maximum Gasteiger partial charge on any atom is 0.250 e. The van der Waals surface area contributed by atoms with Crippen molar-refractivity contribution in [2.75, 3.05) is 7.11 Å². The molecule has 0 unspecified atom stereocenters. The third-order valence-corrected chi connectivity index (χ3v) is 2.89. The fourth-order valence-corrected chi connectivity index (χ4v) is 1.78. The van der Waals surface area contributed by atoms with Gasteiger partial charge < -0.3 is 9.57 Å². The highest BCUT2D eigenvalue weighted by Gasteiger charge is 2.30. The molecule has 0 bridgehead atoms. The van der Waals surface area contributed by atoms with Gasteiger partial charge in [-0.25, -0.2) is 0 Å². The molecule has 0 N–H and O–H groups in total. The molecule has 0 aliphatic carbocycles. The van der Waals surface area contributed by atoms with Crippen LogP contribution in [0.5, 0.6) is 0 Å². The molecule has 0 amide bonds. The van der Waals surface area contributed by atoms with Crippen molar-refractivity contribution in [3.05, 3.63) is 48.0 Å². The van der Waals surface area contributed by atoms with Crippen LogP contribution in [0.3, 0.4) is 0 Å². The van der Waals surface area contributed by atoms with E-state index in [-0.39, 0.29) is 5.38 Å². The molecule has 2 rings (SSSR count). The highest BCUT2D eigenvalue weighted by Crippen LogP contribution is 2.25. The van der Waals surface area contributed by atoms with Crippen LogP contribution in [0.4, 0.5) is 0 Å². The van der Waals surface area contributed by atoms with Crippen LogP contribution < -0.4 is 0 Å². The molecule has 0 saturated heterocycles. The van der Waals surface area contributed by atoms with Crippen LogP contribution >= 0.6 is 11.6 Å². The number of halogens is 1. The molecule has 0 spiro atoms. The van der Waals surface area contributed by atoms with Crippen LogP contribution in [0.1, 0.15) is 5.56 Å². The standard InChI is InChI=1S/C12H12ClNO2/c1-8-10(13)11(14-16-12(8)15-2)9-6-4-3-5-7-9/h3-7,10,12H,1H2,2H3/t10-,12-/m1/s1. The topological polar surface area (TPSA) is 30.8 Å². The fraction of sp³-hybridized carbons (Fsp3) is 0.250. The van der Waals surface area contributed by atoms with E-state index in [2.05, 4.69) is 11.7 Å². The third kappa shape index (κ3) is 1.96. The molecule has 1 aliphatic rings. The third-order valence-electron chi connectivity index (χ3n) is 2.40. The molecule has 16 heavy (non-hydrogen) atoms. The van der Waals surface area contributed by atoms with Crippen LogP contribution in [0.15, 0.2) is 47.6 Å². The van der Waals surface area contributed by atoms with Gasteiger partial charge in [0.2, 0.25) is 6.29 Å². The van der Waals surface area contributed by atoms with Gasteiger partial charge in [0, 0.05) is 18.2 Å². The largest absolute Gasteiger partial charge is 0.358 e. The SMILES string of the molecule is C=C1[C@H](OC)ON=C(c2ccccc2)[C@@H]1Cl. The Hall–Kier alpha value is -1.32. The van der Waals surface area contributed by atoms with Gasteiger partial charge in [-0.3, -0.25) is 0 Å². The maximum absolute atomic E-state index is 6.25. The van der Waals surface area contributed by atoms with E-state index in [1.807, 2.05) is 30.3 Å². The molecule has 1 aromatic rings. The molecule has 0 aromatic heterocycles. The summed E-state index contributed by atoms with van der Waals surface area (Å²) in [6.45, 7) is 3.86. The second-order valence-electron chi connectivity index (χ2n) is 3.45. The summed E-state index contributed by atoms with van der Waals surface area (Å²) in [6.07, 6.45) is -0.560. The van der Waals surface area contributed by atoms with Crippen molar-refractivity contribution in [3.63, 3.8) is 0 Å². The number of benzene rings is 1. The number of rotatable bonds is 2. The maximum atomic E-state index is 6.25. The van der Waals surface area contributed by atoms with E-state index in [1.165, 1.54) is 7.11 Å². The molecule has 0 radical (unpaired) electrons.